The Bertz CT molecular complexity index is 330. The van der Waals surface area contributed by atoms with Crippen LogP contribution in [0.1, 0.15) is 30.7 Å². The number of nitrogens with two attached hydrogens (primary N) is 1. The summed E-state index contributed by atoms with van der Waals surface area (Å²) >= 11 is 7.48. The van der Waals surface area contributed by atoms with E-state index in [0.29, 0.717) is 6.04 Å². The first-order valence-electron chi connectivity index (χ1n) is 5.84. The molecule has 1 saturated heterocycles. The van der Waals surface area contributed by atoms with Gasteiger partial charge in [0, 0.05) is 6.04 Å². The molecule has 1 aliphatic rings. The van der Waals surface area contributed by atoms with Crippen molar-refractivity contribution >= 4 is 35.3 Å². The average Bonchev–Trinajstić information content (AvgIpc) is 2.67. The van der Waals surface area contributed by atoms with Gasteiger partial charge in [-0.3, -0.25) is 4.90 Å². The summed E-state index contributed by atoms with van der Waals surface area (Å²) in [5, 5.41) is 1.12. The average molecular weight is 296 g/mol. The fourth-order valence-corrected chi connectivity index (χ4v) is 3.30. The predicted octanol–water partition coefficient (Wildman–Crippen LogP) is 2.92. The van der Waals surface area contributed by atoms with Gasteiger partial charge in [0.1, 0.15) is 9.34 Å². The standard InChI is InChI=1S/C11H18ClN3S.ClH/c12-10-7-14-11(16-10)8-15-6-2-1-3-9(15)4-5-13;/h7,9H,1-6,8,13H2;1H. The number of hydrogen-bond acceptors (Lipinski definition) is 4. The third-order valence-electron chi connectivity index (χ3n) is 3.11. The van der Waals surface area contributed by atoms with Gasteiger partial charge in [0.15, 0.2) is 0 Å². The molecule has 0 amide bonds. The molecule has 17 heavy (non-hydrogen) atoms. The minimum absolute atomic E-state index is 0. The summed E-state index contributed by atoms with van der Waals surface area (Å²) in [6, 6.07) is 0.640. The largest absolute Gasteiger partial charge is 0.330 e. The van der Waals surface area contributed by atoms with E-state index >= 15 is 0 Å². The number of nitrogens with zero attached hydrogens (tertiary/aromatic N) is 2. The Kier molecular flexibility index (Phi) is 6.74. The van der Waals surface area contributed by atoms with Gasteiger partial charge in [-0.15, -0.1) is 23.7 Å². The Morgan fingerprint density at radius 2 is 2.35 bits per heavy atom. The van der Waals surface area contributed by atoms with Crippen LogP contribution in [0.25, 0.3) is 0 Å². The molecule has 2 heterocycles. The lowest BCUT2D eigenvalue weighted by atomic mass is 9.99. The third-order valence-corrected chi connectivity index (χ3v) is 4.21. The van der Waals surface area contributed by atoms with E-state index in [2.05, 4.69) is 9.88 Å². The minimum Gasteiger partial charge on any atom is -0.330 e. The van der Waals surface area contributed by atoms with E-state index in [4.69, 9.17) is 17.3 Å². The van der Waals surface area contributed by atoms with Crippen molar-refractivity contribution in [2.75, 3.05) is 13.1 Å². The number of piperidine rings is 1. The highest BCUT2D eigenvalue weighted by atomic mass is 35.5. The van der Waals surface area contributed by atoms with Crippen LogP contribution in [0.5, 0.6) is 0 Å². The maximum absolute atomic E-state index is 5.89. The molecule has 0 radical (unpaired) electrons. The minimum atomic E-state index is 0. The molecule has 3 nitrogen and oxygen atoms in total. The second-order valence-electron chi connectivity index (χ2n) is 4.26. The van der Waals surface area contributed by atoms with Gasteiger partial charge >= 0.3 is 0 Å². The topological polar surface area (TPSA) is 42.1 Å². The third kappa shape index (κ3) is 4.38. The first-order valence-corrected chi connectivity index (χ1v) is 7.03. The molecule has 98 valence electrons. The van der Waals surface area contributed by atoms with Gasteiger partial charge in [0.2, 0.25) is 0 Å². The van der Waals surface area contributed by atoms with Crippen molar-refractivity contribution < 1.29 is 0 Å². The van der Waals surface area contributed by atoms with Crippen LogP contribution < -0.4 is 5.73 Å². The number of halogens is 2. The highest BCUT2D eigenvalue weighted by Crippen LogP contribution is 2.24. The fraction of sp³-hybridized carbons (Fsp3) is 0.727. The Morgan fingerprint density at radius 3 is 3.00 bits per heavy atom. The van der Waals surface area contributed by atoms with Crippen molar-refractivity contribution in [3.05, 3.63) is 15.5 Å². The number of likely N-dealkylation sites (tertiary alicyclic amines) is 1. The van der Waals surface area contributed by atoms with Gasteiger partial charge in [-0.1, -0.05) is 18.0 Å². The van der Waals surface area contributed by atoms with Gasteiger partial charge in [-0.25, -0.2) is 4.98 Å². The summed E-state index contributed by atoms with van der Waals surface area (Å²) in [5.41, 5.74) is 5.66. The summed E-state index contributed by atoms with van der Waals surface area (Å²) in [4.78, 5) is 6.82. The Balaban J connectivity index is 0.00000144. The summed E-state index contributed by atoms with van der Waals surface area (Å²) in [6.07, 6.45) is 6.73. The molecule has 1 atom stereocenters. The zero-order valence-corrected chi connectivity index (χ0v) is 12.2. The first-order chi connectivity index (χ1) is 7.79. The lowest BCUT2D eigenvalue weighted by Crippen LogP contribution is -2.40. The van der Waals surface area contributed by atoms with Gasteiger partial charge in [-0.05, 0) is 32.4 Å². The molecule has 0 spiro atoms. The highest BCUT2D eigenvalue weighted by molar-refractivity contribution is 7.15. The van der Waals surface area contributed by atoms with Crippen LogP contribution in [-0.2, 0) is 6.54 Å². The van der Waals surface area contributed by atoms with E-state index in [0.717, 1.165) is 28.9 Å². The molecule has 1 unspecified atom stereocenters. The first kappa shape index (κ1) is 15.2. The second kappa shape index (κ2) is 7.54. The molecular formula is C11H19Cl2N3S. The molecule has 0 aromatic carbocycles. The van der Waals surface area contributed by atoms with E-state index in [1.165, 1.54) is 25.8 Å². The fourth-order valence-electron chi connectivity index (χ4n) is 2.32. The van der Waals surface area contributed by atoms with Crippen LogP contribution >= 0.6 is 35.3 Å². The van der Waals surface area contributed by atoms with Gasteiger partial charge in [-0.2, -0.15) is 0 Å². The van der Waals surface area contributed by atoms with Crippen molar-refractivity contribution in [1.29, 1.82) is 0 Å². The van der Waals surface area contributed by atoms with E-state index in [1.807, 2.05) is 0 Å². The maximum Gasteiger partial charge on any atom is 0.113 e. The van der Waals surface area contributed by atoms with Crippen molar-refractivity contribution in [2.45, 2.75) is 38.3 Å². The molecule has 0 saturated carbocycles. The van der Waals surface area contributed by atoms with Gasteiger partial charge < -0.3 is 5.73 Å². The van der Waals surface area contributed by atoms with Crippen molar-refractivity contribution in [3.8, 4) is 0 Å². The maximum atomic E-state index is 5.89. The quantitative estimate of drug-likeness (QED) is 0.929. The van der Waals surface area contributed by atoms with Crippen molar-refractivity contribution in [2.24, 2.45) is 5.73 Å². The molecule has 0 aliphatic carbocycles. The summed E-state index contributed by atoms with van der Waals surface area (Å²) < 4.78 is 0.780. The Hall–Kier alpha value is 0.130. The molecular weight excluding hydrogens is 277 g/mol. The Morgan fingerprint density at radius 1 is 1.53 bits per heavy atom. The van der Waals surface area contributed by atoms with Gasteiger partial charge in [0.05, 0.1) is 12.7 Å². The van der Waals surface area contributed by atoms with Crippen molar-refractivity contribution in [3.63, 3.8) is 0 Å². The summed E-state index contributed by atoms with van der Waals surface area (Å²) in [6.45, 7) is 2.88. The van der Waals surface area contributed by atoms with E-state index < -0.39 is 0 Å². The van der Waals surface area contributed by atoms with Crippen LogP contribution in [0.4, 0.5) is 0 Å². The lowest BCUT2D eigenvalue weighted by molar-refractivity contribution is 0.134. The van der Waals surface area contributed by atoms with E-state index in [1.54, 1.807) is 17.5 Å². The number of aromatic nitrogens is 1. The zero-order chi connectivity index (χ0) is 11.4. The SMILES string of the molecule is Cl.NCCC1CCCCN1Cc1ncc(Cl)s1. The highest BCUT2D eigenvalue weighted by Gasteiger charge is 2.22. The normalized spacial score (nSPS) is 21.2. The molecule has 1 fully saturated rings. The van der Waals surface area contributed by atoms with Crippen LogP contribution in [0, 0.1) is 0 Å². The van der Waals surface area contributed by atoms with Crippen LogP contribution in [0.15, 0.2) is 6.20 Å². The molecule has 2 N–H and O–H groups in total. The molecule has 1 aromatic rings. The number of hydrogen-bond donors (Lipinski definition) is 1. The molecule has 2 rings (SSSR count). The van der Waals surface area contributed by atoms with Gasteiger partial charge in [0.25, 0.3) is 0 Å². The van der Waals surface area contributed by atoms with E-state index in [9.17, 15) is 0 Å². The van der Waals surface area contributed by atoms with E-state index in [-0.39, 0.29) is 12.4 Å². The van der Waals surface area contributed by atoms with Crippen molar-refractivity contribution in [1.82, 2.24) is 9.88 Å². The van der Waals surface area contributed by atoms with Crippen LogP contribution in [0.2, 0.25) is 4.34 Å². The second-order valence-corrected chi connectivity index (χ2v) is 6.00. The Labute approximate surface area is 118 Å². The smallest absolute Gasteiger partial charge is 0.113 e. The van der Waals surface area contributed by atoms with Crippen LogP contribution in [0.3, 0.4) is 0 Å². The zero-order valence-electron chi connectivity index (χ0n) is 9.77. The summed E-state index contributed by atoms with van der Waals surface area (Å²) in [5.74, 6) is 0. The molecule has 1 aromatic heterocycles. The predicted molar refractivity (Wildman–Crippen MR) is 76.1 cm³/mol. The monoisotopic (exact) mass is 295 g/mol. The number of thiazole rings is 1. The number of rotatable bonds is 4. The lowest BCUT2D eigenvalue weighted by Gasteiger charge is -2.34. The summed E-state index contributed by atoms with van der Waals surface area (Å²) in [7, 11) is 0. The van der Waals surface area contributed by atoms with Crippen LogP contribution in [-0.4, -0.2) is 29.0 Å². The molecule has 6 heteroatoms. The molecule has 0 bridgehead atoms. The molecule has 1 aliphatic heterocycles.